The number of carbonyl (C=O) groups excluding carboxylic acids is 1. The van der Waals surface area contributed by atoms with E-state index in [2.05, 4.69) is 24.4 Å². The molecular formula is C14H21N3O. The van der Waals surface area contributed by atoms with E-state index in [0.717, 1.165) is 25.2 Å². The molecule has 0 saturated carbocycles. The van der Waals surface area contributed by atoms with Gasteiger partial charge in [0.15, 0.2) is 0 Å². The minimum absolute atomic E-state index is 0.0306. The smallest absolute Gasteiger partial charge is 0.221 e. The maximum absolute atomic E-state index is 11.1. The Morgan fingerprint density at radius 1 is 1.50 bits per heavy atom. The first-order valence-corrected chi connectivity index (χ1v) is 6.43. The van der Waals surface area contributed by atoms with E-state index in [4.69, 9.17) is 5.84 Å². The highest BCUT2D eigenvalue weighted by Crippen LogP contribution is 2.32. The zero-order chi connectivity index (χ0) is 13.1. The molecule has 1 fully saturated rings. The highest BCUT2D eigenvalue weighted by molar-refractivity contribution is 5.88. The van der Waals surface area contributed by atoms with Crippen molar-refractivity contribution in [3.05, 3.63) is 29.8 Å². The number of benzene rings is 1. The second-order valence-electron chi connectivity index (χ2n) is 5.17. The van der Waals surface area contributed by atoms with Crippen molar-refractivity contribution in [3.63, 3.8) is 0 Å². The van der Waals surface area contributed by atoms with E-state index in [-0.39, 0.29) is 5.91 Å². The van der Waals surface area contributed by atoms with Crippen LogP contribution in [0.1, 0.15) is 31.7 Å². The third kappa shape index (κ3) is 3.09. The van der Waals surface area contributed by atoms with Crippen LogP contribution in [0.5, 0.6) is 0 Å². The Labute approximate surface area is 108 Å². The number of nitrogens with two attached hydrogens (primary N) is 1. The van der Waals surface area contributed by atoms with Gasteiger partial charge in [0.2, 0.25) is 5.91 Å². The van der Waals surface area contributed by atoms with Crippen LogP contribution < -0.4 is 11.2 Å². The zero-order valence-corrected chi connectivity index (χ0v) is 11.0. The monoisotopic (exact) mass is 247 g/mol. The molecule has 4 nitrogen and oxygen atoms in total. The maximum Gasteiger partial charge on any atom is 0.221 e. The molecule has 4 heteroatoms. The summed E-state index contributed by atoms with van der Waals surface area (Å²) in [4.78, 5) is 11.1. The molecule has 1 saturated heterocycles. The SMILES string of the molecule is CC(=O)Nc1cccc([C@@H]2CCN(N)C[C@H]2C)c1. The second kappa shape index (κ2) is 5.50. The Morgan fingerprint density at radius 3 is 2.94 bits per heavy atom. The second-order valence-corrected chi connectivity index (χ2v) is 5.17. The lowest BCUT2D eigenvalue weighted by Crippen LogP contribution is -2.42. The Kier molecular flexibility index (Phi) is 3.99. The highest BCUT2D eigenvalue weighted by atomic mass is 16.1. The highest BCUT2D eigenvalue weighted by Gasteiger charge is 2.25. The van der Waals surface area contributed by atoms with Gasteiger partial charge in [0.25, 0.3) is 0 Å². The fraction of sp³-hybridized carbons (Fsp3) is 0.500. The van der Waals surface area contributed by atoms with E-state index in [1.165, 1.54) is 12.5 Å². The first-order valence-electron chi connectivity index (χ1n) is 6.43. The summed E-state index contributed by atoms with van der Waals surface area (Å²) in [5.74, 6) is 6.87. The summed E-state index contributed by atoms with van der Waals surface area (Å²) in [7, 11) is 0. The maximum atomic E-state index is 11.1. The summed E-state index contributed by atoms with van der Waals surface area (Å²) in [5, 5.41) is 4.72. The zero-order valence-electron chi connectivity index (χ0n) is 11.0. The van der Waals surface area contributed by atoms with Gasteiger partial charge in [0.05, 0.1) is 0 Å². The third-order valence-corrected chi connectivity index (χ3v) is 3.57. The average molecular weight is 247 g/mol. The van der Waals surface area contributed by atoms with Crippen LogP contribution in [-0.4, -0.2) is 24.0 Å². The van der Waals surface area contributed by atoms with E-state index in [0.29, 0.717) is 11.8 Å². The van der Waals surface area contributed by atoms with Crippen LogP contribution in [0.4, 0.5) is 5.69 Å². The number of nitrogens with zero attached hydrogens (tertiary/aromatic N) is 1. The molecule has 0 radical (unpaired) electrons. The van der Waals surface area contributed by atoms with Crippen LogP contribution in [0.25, 0.3) is 0 Å². The Hall–Kier alpha value is -1.39. The number of anilines is 1. The van der Waals surface area contributed by atoms with E-state index in [1.807, 2.05) is 17.1 Å². The number of hydrogen-bond donors (Lipinski definition) is 2. The average Bonchev–Trinajstić information content (AvgIpc) is 2.28. The first kappa shape index (κ1) is 13.1. The molecule has 2 atom stereocenters. The van der Waals surface area contributed by atoms with E-state index < -0.39 is 0 Å². The Morgan fingerprint density at radius 2 is 2.28 bits per heavy atom. The summed E-state index contributed by atoms with van der Waals surface area (Å²) in [6.45, 7) is 5.62. The van der Waals surface area contributed by atoms with Crippen LogP contribution >= 0.6 is 0 Å². The van der Waals surface area contributed by atoms with Gasteiger partial charge in [0.1, 0.15) is 0 Å². The molecule has 0 aromatic heterocycles. The summed E-state index contributed by atoms with van der Waals surface area (Å²) in [6, 6.07) is 8.14. The number of hydrogen-bond acceptors (Lipinski definition) is 3. The molecule has 98 valence electrons. The van der Waals surface area contributed by atoms with E-state index in [1.54, 1.807) is 0 Å². The molecule has 1 aliphatic heterocycles. The summed E-state index contributed by atoms with van der Waals surface area (Å²) >= 11 is 0. The van der Waals surface area contributed by atoms with Gasteiger partial charge in [-0.3, -0.25) is 10.6 Å². The van der Waals surface area contributed by atoms with Gasteiger partial charge in [0, 0.05) is 25.7 Å². The lowest BCUT2D eigenvalue weighted by Gasteiger charge is -2.34. The largest absolute Gasteiger partial charge is 0.326 e. The Bertz CT molecular complexity index is 433. The number of carbonyl (C=O) groups is 1. The molecule has 1 amide bonds. The predicted octanol–water partition coefficient (Wildman–Crippen LogP) is 1.94. The van der Waals surface area contributed by atoms with Crippen LogP contribution in [0.3, 0.4) is 0 Å². The third-order valence-electron chi connectivity index (χ3n) is 3.57. The van der Waals surface area contributed by atoms with Gasteiger partial charge >= 0.3 is 0 Å². The molecular weight excluding hydrogens is 226 g/mol. The molecule has 0 bridgehead atoms. The van der Waals surface area contributed by atoms with Crippen molar-refractivity contribution in [2.45, 2.75) is 26.2 Å². The van der Waals surface area contributed by atoms with Crippen molar-refractivity contribution in [3.8, 4) is 0 Å². The van der Waals surface area contributed by atoms with Gasteiger partial charge in [-0.15, -0.1) is 0 Å². The summed E-state index contributed by atoms with van der Waals surface area (Å²) in [6.07, 6.45) is 1.07. The molecule has 0 aliphatic carbocycles. The van der Waals surface area contributed by atoms with Crippen molar-refractivity contribution >= 4 is 11.6 Å². The summed E-state index contributed by atoms with van der Waals surface area (Å²) in [5.41, 5.74) is 2.17. The molecule has 1 aliphatic rings. The normalized spacial score (nSPS) is 24.8. The van der Waals surface area contributed by atoms with E-state index in [9.17, 15) is 4.79 Å². The van der Waals surface area contributed by atoms with Crippen molar-refractivity contribution in [1.29, 1.82) is 0 Å². The molecule has 1 heterocycles. The van der Waals surface area contributed by atoms with Gasteiger partial charge in [-0.2, -0.15) is 0 Å². The van der Waals surface area contributed by atoms with Crippen LogP contribution in [0, 0.1) is 5.92 Å². The van der Waals surface area contributed by atoms with Crippen LogP contribution in [-0.2, 0) is 4.79 Å². The number of nitrogens with one attached hydrogen (secondary N) is 1. The van der Waals surface area contributed by atoms with Gasteiger partial charge in [-0.25, -0.2) is 5.01 Å². The van der Waals surface area contributed by atoms with Gasteiger partial charge < -0.3 is 5.32 Å². The molecule has 2 rings (SSSR count). The Balaban J connectivity index is 2.15. The fourth-order valence-corrected chi connectivity index (χ4v) is 2.72. The van der Waals surface area contributed by atoms with Crippen LogP contribution in [0.2, 0.25) is 0 Å². The first-order chi connectivity index (χ1) is 8.56. The van der Waals surface area contributed by atoms with Gasteiger partial charge in [-0.1, -0.05) is 19.1 Å². The molecule has 1 aromatic carbocycles. The van der Waals surface area contributed by atoms with Crippen molar-refractivity contribution in [2.24, 2.45) is 11.8 Å². The quantitative estimate of drug-likeness (QED) is 0.785. The van der Waals surface area contributed by atoms with Crippen molar-refractivity contribution in [1.82, 2.24) is 5.01 Å². The minimum atomic E-state index is -0.0306. The predicted molar refractivity (Wildman–Crippen MR) is 73.0 cm³/mol. The molecule has 0 unspecified atom stereocenters. The number of hydrazine groups is 1. The number of piperidine rings is 1. The number of amides is 1. The standard InChI is InChI=1S/C14H21N3O/c1-10-9-17(15)7-6-14(10)12-4-3-5-13(8-12)16-11(2)18/h3-5,8,10,14H,6-7,9,15H2,1-2H3,(H,16,18)/t10-,14-/m1/s1. The molecule has 1 aromatic rings. The lowest BCUT2D eigenvalue weighted by molar-refractivity contribution is -0.114. The van der Waals surface area contributed by atoms with Crippen LogP contribution in [0.15, 0.2) is 24.3 Å². The van der Waals surface area contributed by atoms with E-state index >= 15 is 0 Å². The lowest BCUT2D eigenvalue weighted by atomic mass is 9.82. The van der Waals surface area contributed by atoms with Gasteiger partial charge in [-0.05, 0) is 36.0 Å². The topological polar surface area (TPSA) is 58.4 Å². The number of rotatable bonds is 2. The van der Waals surface area contributed by atoms with Crippen molar-refractivity contribution < 1.29 is 4.79 Å². The fourth-order valence-electron chi connectivity index (χ4n) is 2.72. The molecule has 18 heavy (non-hydrogen) atoms. The minimum Gasteiger partial charge on any atom is -0.326 e. The molecule has 0 spiro atoms. The van der Waals surface area contributed by atoms with Crippen molar-refractivity contribution in [2.75, 3.05) is 18.4 Å². The molecule has 3 N–H and O–H groups in total. The summed E-state index contributed by atoms with van der Waals surface area (Å²) < 4.78 is 0.